The van der Waals surface area contributed by atoms with E-state index in [9.17, 15) is 8.42 Å². The van der Waals surface area contributed by atoms with Crippen molar-refractivity contribution in [2.24, 2.45) is 0 Å². The van der Waals surface area contributed by atoms with Gasteiger partial charge in [0.15, 0.2) is 11.0 Å². The second-order valence-electron chi connectivity index (χ2n) is 7.74. The van der Waals surface area contributed by atoms with Crippen LogP contribution < -0.4 is 15.5 Å². The molecule has 0 unspecified atom stereocenters. The highest BCUT2D eigenvalue weighted by atomic mass is 32.2. The van der Waals surface area contributed by atoms with E-state index in [2.05, 4.69) is 9.88 Å². The number of aromatic nitrogens is 4. The molecular weight excluding hydrogens is 452 g/mol. The van der Waals surface area contributed by atoms with Gasteiger partial charge in [-0.2, -0.15) is 19.3 Å². The number of piperazine rings is 1. The molecule has 3 aromatic rings. The minimum Gasteiger partial charge on any atom is -0.378 e. The Morgan fingerprint density at radius 3 is 2.25 bits per heavy atom. The van der Waals surface area contributed by atoms with Crippen LogP contribution in [-0.4, -0.2) is 91.4 Å². The molecule has 32 heavy (non-hydrogen) atoms. The van der Waals surface area contributed by atoms with Gasteiger partial charge in [0.25, 0.3) is 0 Å². The van der Waals surface area contributed by atoms with Crippen molar-refractivity contribution in [2.75, 3.05) is 74.3 Å². The minimum absolute atomic E-state index is 0.402. The van der Waals surface area contributed by atoms with E-state index >= 15 is 0 Å². The summed E-state index contributed by atoms with van der Waals surface area (Å²) in [6.07, 6.45) is 1.24. The quantitative estimate of drug-likeness (QED) is 0.572. The first kappa shape index (κ1) is 21.2. The van der Waals surface area contributed by atoms with Crippen LogP contribution in [0.25, 0.3) is 21.6 Å². The van der Waals surface area contributed by atoms with Crippen molar-refractivity contribution in [3.63, 3.8) is 0 Å². The van der Waals surface area contributed by atoms with Crippen molar-refractivity contribution in [2.45, 2.75) is 0 Å². The highest BCUT2D eigenvalue weighted by Gasteiger charge is 2.26. The number of hydrogen-bond donors (Lipinski definition) is 1. The van der Waals surface area contributed by atoms with E-state index in [1.54, 1.807) is 0 Å². The Hall–Kier alpha value is -2.61. The van der Waals surface area contributed by atoms with Crippen LogP contribution in [0.5, 0.6) is 0 Å². The Morgan fingerprint density at radius 1 is 0.938 bits per heavy atom. The van der Waals surface area contributed by atoms with Crippen LogP contribution in [0.4, 0.5) is 17.0 Å². The molecule has 0 bridgehead atoms. The van der Waals surface area contributed by atoms with E-state index in [0.717, 1.165) is 15.8 Å². The first-order valence-corrected chi connectivity index (χ1v) is 13.0. The molecule has 170 valence electrons. The molecule has 0 radical (unpaired) electrons. The number of anilines is 3. The summed E-state index contributed by atoms with van der Waals surface area (Å²) in [5.41, 5.74) is 7.56. The van der Waals surface area contributed by atoms with Gasteiger partial charge in [-0.15, -0.1) is 0 Å². The van der Waals surface area contributed by atoms with Gasteiger partial charge in [0, 0.05) is 44.8 Å². The number of sulfonamides is 1. The van der Waals surface area contributed by atoms with Gasteiger partial charge in [-0.05, 0) is 18.2 Å². The third-order valence-electron chi connectivity index (χ3n) is 5.56. The third-order valence-corrected chi connectivity index (χ3v) is 7.71. The van der Waals surface area contributed by atoms with Gasteiger partial charge in [-0.1, -0.05) is 11.3 Å². The van der Waals surface area contributed by atoms with Crippen LogP contribution in [0.1, 0.15) is 0 Å². The zero-order valence-corrected chi connectivity index (χ0v) is 19.3. The summed E-state index contributed by atoms with van der Waals surface area (Å²) >= 11 is 1.42. The molecule has 0 spiro atoms. The number of rotatable bonds is 4. The molecule has 13 heteroatoms. The maximum atomic E-state index is 11.9. The second-order valence-corrected chi connectivity index (χ2v) is 10.8. The van der Waals surface area contributed by atoms with E-state index in [-0.39, 0.29) is 0 Å². The third kappa shape index (κ3) is 4.33. The van der Waals surface area contributed by atoms with Crippen LogP contribution in [0, 0.1) is 0 Å². The second kappa shape index (κ2) is 8.39. The average Bonchev–Trinajstić information content (AvgIpc) is 3.18. The Bertz CT molecular complexity index is 1230. The lowest BCUT2D eigenvalue weighted by Gasteiger charge is -2.34. The molecule has 2 N–H and O–H groups in total. The smallest absolute Gasteiger partial charge is 0.230 e. The molecule has 5 rings (SSSR count). The Kier molecular flexibility index (Phi) is 5.57. The average molecular weight is 477 g/mol. The number of thiazole rings is 1. The van der Waals surface area contributed by atoms with Crippen LogP contribution in [0.15, 0.2) is 18.2 Å². The lowest BCUT2D eigenvalue weighted by Crippen LogP contribution is -2.49. The van der Waals surface area contributed by atoms with Gasteiger partial charge < -0.3 is 20.3 Å². The molecule has 0 saturated carbocycles. The molecule has 11 nitrogen and oxygen atoms in total. The van der Waals surface area contributed by atoms with Gasteiger partial charge in [0.1, 0.15) is 0 Å². The fourth-order valence-electron chi connectivity index (χ4n) is 3.83. The highest BCUT2D eigenvalue weighted by molar-refractivity contribution is 7.88. The monoisotopic (exact) mass is 476 g/mol. The van der Waals surface area contributed by atoms with Gasteiger partial charge in [0.05, 0.1) is 29.7 Å². The molecule has 2 saturated heterocycles. The van der Waals surface area contributed by atoms with Crippen LogP contribution in [0.3, 0.4) is 0 Å². The van der Waals surface area contributed by atoms with E-state index in [0.29, 0.717) is 75.3 Å². The Morgan fingerprint density at radius 2 is 1.59 bits per heavy atom. The maximum Gasteiger partial charge on any atom is 0.230 e. The van der Waals surface area contributed by atoms with Crippen molar-refractivity contribution >= 4 is 48.6 Å². The van der Waals surface area contributed by atoms with Crippen molar-refractivity contribution in [3.05, 3.63) is 18.2 Å². The number of morpholine rings is 1. The summed E-state index contributed by atoms with van der Waals surface area (Å²) < 4.78 is 31.7. The fourth-order valence-corrected chi connectivity index (χ4v) is 5.43. The lowest BCUT2D eigenvalue weighted by molar-refractivity contribution is 0.122. The number of ether oxygens (including phenoxy) is 1. The molecule has 4 heterocycles. The molecule has 2 aromatic heterocycles. The molecule has 2 fully saturated rings. The summed E-state index contributed by atoms with van der Waals surface area (Å²) in [4.78, 5) is 22.7. The Labute approximate surface area is 189 Å². The number of fused-ring (bicyclic) bond motifs is 1. The lowest BCUT2D eigenvalue weighted by atomic mass is 10.2. The fraction of sp³-hybridized carbons (Fsp3) is 0.474. The number of hydrogen-bond acceptors (Lipinski definition) is 11. The first-order valence-electron chi connectivity index (χ1n) is 10.3. The number of nitrogens with two attached hydrogens (primary N) is 1. The van der Waals surface area contributed by atoms with Crippen LogP contribution in [-0.2, 0) is 14.8 Å². The van der Waals surface area contributed by atoms with Gasteiger partial charge in [-0.25, -0.2) is 13.4 Å². The van der Waals surface area contributed by atoms with Gasteiger partial charge in [0.2, 0.25) is 21.9 Å². The van der Waals surface area contributed by atoms with Crippen LogP contribution in [0.2, 0.25) is 0 Å². The zero-order valence-electron chi connectivity index (χ0n) is 17.6. The number of benzene rings is 1. The van der Waals surface area contributed by atoms with Crippen molar-refractivity contribution in [1.82, 2.24) is 24.2 Å². The summed E-state index contributed by atoms with van der Waals surface area (Å²) in [6.45, 7) is 4.49. The molecule has 2 aliphatic heterocycles. The predicted molar refractivity (Wildman–Crippen MR) is 125 cm³/mol. The van der Waals surface area contributed by atoms with Crippen molar-refractivity contribution < 1.29 is 13.2 Å². The summed E-state index contributed by atoms with van der Waals surface area (Å²) in [5, 5.41) is 0.520. The largest absolute Gasteiger partial charge is 0.378 e. The maximum absolute atomic E-state index is 11.9. The normalized spacial score (nSPS) is 18.4. The SMILES string of the molecule is CS(=O)(=O)N1CCN(c2nc(-c3ccc4nc(N)sc4c3)nc(N3CCOCC3)n2)CC1. The summed E-state index contributed by atoms with van der Waals surface area (Å²) in [7, 11) is -3.21. The van der Waals surface area contributed by atoms with E-state index < -0.39 is 10.0 Å². The van der Waals surface area contributed by atoms with Gasteiger partial charge >= 0.3 is 0 Å². The van der Waals surface area contributed by atoms with Gasteiger partial charge in [-0.3, -0.25) is 0 Å². The number of nitrogen functional groups attached to an aromatic ring is 1. The molecule has 2 aliphatic rings. The predicted octanol–water partition coefficient (Wildman–Crippen LogP) is 0.649. The van der Waals surface area contributed by atoms with E-state index in [1.807, 2.05) is 23.1 Å². The molecule has 0 amide bonds. The molecule has 0 atom stereocenters. The standard InChI is InChI=1S/C19H24N8O3S2/c1-32(28,29)27-6-4-25(5-7-27)18-22-16(23-19(24-18)26-8-10-30-11-9-26)13-2-3-14-15(12-13)31-17(20)21-14/h2-3,12H,4-11H2,1H3,(H2,20,21). The summed E-state index contributed by atoms with van der Waals surface area (Å²) in [5.74, 6) is 1.72. The molecule has 1 aromatic carbocycles. The highest BCUT2D eigenvalue weighted by Crippen LogP contribution is 2.29. The molecule has 0 aliphatic carbocycles. The minimum atomic E-state index is -3.21. The zero-order chi connectivity index (χ0) is 22.3. The van der Waals surface area contributed by atoms with Crippen molar-refractivity contribution in [1.29, 1.82) is 0 Å². The molecular formula is C19H24N8O3S2. The topological polar surface area (TPSA) is 131 Å². The van der Waals surface area contributed by atoms with Crippen LogP contribution >= 0.6 is 11.3 Å². The van der Waals surface area contributed by atoms with E-state index in [4.69, 9.17) is 25.4 Å². The number of nitrogens with zero attached hydrogens (tertiary/aromatic N) is 7. The van der Waals surface area contributed by atoms with E-state index in [1.165, 1.54) is 21.9 Å². The Balaban J connectivity index is 1.51. The first-order chi connectivity index (χ1) is 15.4. The summed E-state index contributed by atoms with van der Waals surface area (Å²) in [6, 6.07) is 5.85. The van der Waals surface area contributed by atoms with Crippen molar-refractivity contribution in [3.8, 4) is 11.4 Å².